The van der Waals surface area contributed by atoms with Crippen LogP contribution in [0.3, 0.4) is 0 Å². The second-order valence-corrected chi connectivity index (χ2v) is 5.50. The molecule has 1 heterocycles. The molecule has 2 unspecified atom stereocenters. The molecule has 0 radical (unpaired) electrons. The van der Waals surface area contributed by atoms with E-state index in [4.69, 9.17) is 4.74 Å². The summed E-state index contributed by atoms with van der Waals surface area (Å²) >= 11 is 0. The number of nitrogens with one attached hydrogen (secondary N) is 1. The van der Waals surface area contributed by atoms with Gasteiger partial charge in [-0.1, -0.05) is 18.2 Å². The summed E-state index contributed by atoms with van der Waals surface area (Å²) in [7, 11) is 0. The van der Waals surface area contributed by atoms with Crippen molar-refractivity contribution in [2.75, 3.05) is 19.8 Å². The Labute approximate surface area is 109 Å². The topological polar surface area (TPSA) is 41.5 Å². The van der Waals surface area contributed by atoms with Crippen LogP contribution >= 0.6 is 0 Å². The first kappa shape index (κ1) is 13.5. The third-order valence-corrected chi connectivity index (χ3v) is 3.77. The molecule has 1 saturated heterocycles. The van der Waals surface area contributed by atoms with E-state index in [9.17, 15) is 5.11 Å². The number of aryl methyl sites for hydroxylation is 2. The SMILES string of the molecule is Cc1ccc(C(C)(O)CC2COCCN2)cc1C. The van der Waals surface area contributed by atoms with Gasteiger partial charge in [-0.15, -0.1) is 0 Å². The molecule has 1 aliphatic rings. The number of aliphatic hydroxyl groups is 1. The maximum Gasteiger partial charge on any atom is 0.0884 e. The third-order valence-electron chi connectivity index (χ3n) is 3.77. The first-order valence-electron chi connectivity index (χ1n) is 6.60. The molecule has 1 aromatic rings. The molecule has 3 nitrogen and oxygen atoms in total. The fourth-order valence-corrected chi connectivity index (χ4v) is 2.42. The molecule has 0 bridgehead atoms. The van der Waals surface area contributed by atoms with Crippen molar-refractivity contribution in [2.45, 2.75) is 38.8 Å². The quantitative estimate of drug-likeness (QED) is 0.859. The van der Waals surface area contributed by atoms with Gasteiger partial charge >= 0.3 is 0 Å². The van der Waals surface area contributed by atoms with Crippen LogP contribution in [0, 0.1) is 13.8 Å². The minimum absolute atomic E-state index is 0.232. The molecule has 2 atom stereocenters. The Morgan fingerprint density at radius 2 is 2.17 bits per heavy atom. The summed E-state index contributed by atoms with van der Waals surface area (Å²) in [5, 5.41) is 14.0. The predicted molar refractivity (Wildman–Crippen MR) is 72.7 cm³/mol. The normalized spacial score (nSPS) is 23.7. The molecule has 3 heteroatoms. The smallest absolute Gasteiger partial charge is 0.0884 e. The molecule has 0 aromatic heterocycles. The van der Waals surface area contributed by atoms with Crippen molar-refractivity contribution in [3.8, 4) is 0 Å². The lowest BCUT2D eigenvalue weighted by Gasteiger charge is -2.32. The van der Waals surface area contributed by atoms with E-state index >= 15 is 0 Å². The molecular formula is C15H23NO2. The molecule has 0 amide bonds. The summed E-state index contributed by atoms with van der Waals surface area (Å²) < 4.78 is 5.43. The Hall–Kier alpha value is -0.900. The van der Waals surface area contributed by atoms with Gasteiger partial charge in [0, 0.05) is 12.6 Å². The molecule has 0 spiro atoms. The zero-order valence-corrected chi connectivity index (χ0v) is 11.5. The van der Waals surface area contributed by atoms with Crippen molar-refractivity contribution in [2.24, 2.45) is 0 Å². The molecule has 18 heavy (non-hydrogen) atoms. The van der Waals surface area contributed by atoms with Gasteiger partial charge in [-0.2, -0.15) is 0 Å². The lowest BCUT2D eigenvalue weighted by Crippen LogP contribution is -2.45. The van der Waals surface area contributed by atoms with Gasteiger partial charge in [0.15, 0.2) is 0 Å². The van der Waals surface area contributed by atoms with Crippen LogP contribution in [0.25, 0.3) is 0 Å². The summed E-state index contributed by atoms with van der Waals surface area (Å²) in [6.07, 6.45) is 0.676. The van der Waals surface area contributed by atoms with Gasteiger partial charge in [-0.3, -0.25) is 0 Å². The molecular weight excluding hydrogens is 226 g/mol. The Kier molecular flexibility index (Phi) is 4.05. The van der Waals surface area contributed by atoms with E-state index in [0.29, 0.717) is 13.0 Å². The highest BCUT2D eigenvalue weighted by atomic mass is 16.5. The Balaban J connectivity index is 2.10. The Morgan fingerprint density at radius 3 is 2.78 bits per heavy atom. The zero-order chi connectivity index (χ0) is 13.2. The van der Waals surface area contributed by atoms with Gasteiger partial charge in [0.25, 0.3) is 0 Å². The van der Waals surface area contributed by atoms with Crippen molar-refractivity contribution in [1.29, 1.82) is 0 Å². The third kappa shape index (κ3) is 3.10. The minimum atomic E-state index is -0.809. The number of rotatable bonds is 3. The molecule has 1 fully saturated rings. The maximum atomic E-state index is 10.7. The zero-order valence-electron chi connectivity index (χ0n) is 11.5. The number of benzene rings is 1. The standard InChI is InChI=1S/C15H23NO2/c1-11-4-5-13(8-12(11)2)15(3,17)9-14-10-18-7-6-16-14/h4-5,8,14,16-17H,6-7,9-10H2,1-3H3. The van der Waals surface area contributed by atoms with Gasteiger partial charge in [-0.05, 0) is 43.9 Å². The average Bonchev–Trinajstić information content (AvgIpc) is 2.33. The fourth-order valence-electron chi connectivity index (χ4n) is 2.42. The van der Waals surface area contributed by atoms with Crippen LogP contribution < -0.4 is 5.32 Å². The highest BCUT2D eigenvalue weighted by Gasteiger charge is 2.28. The van der Waals surface area contributed by atoms with Gasteiger partial charge < -0.3 is 15.2 Å². The van der Waals surface area contributed by atoms with E-state index in [1.165, 1.54) is 11.1 Å². The highest BCUT2D eigenvalue weighted by Crippen LogP contribution is 2.28. The maximum absolute atomic E-state index is 10.7. The molecule has 2 rings (SSSR count). The lowest BCUT2D eigenvalue weighted by molar-refractivity contribution is 0.00318. The molecule has 1 aromatic carbocycles. The van der Waals surface area contributed by atoms with Crippen LogP contribution in [0.2, 0.25) is 0 Å². The van der Waals surface area contributed by atoms with Gasteiger partial charge in [0.2, 0.25) is 0 Å². The van der Waals surface area contributed by atoms with Gasteiger partial charge in [0.05, 0.1) is 18.8 Å². The summed E-state index contributed by atoms with van der Waals surface area (Å²) in [5.74, 6) is 0. The summed E-state index contributed by atoms with van der Waals surface area (Å²) in [6, 6.07) is 6.41. The summed E-state index contributed by atoms with van der Waals surface area (Å²) in [5.41, 5.74) is 2.66. The van der Waals surface area contributed by atoms with Crippen LogP contribution in [0.1, 0.15) is 30.0 Å². The Bertz CT molecular complexity index is 409. The van der Waals surface area contributed by atoms with E-state index in [1.54, 1.807) is 0 Å². The second-order valence-electron chi connectivity index (χ2n) is 5.50. The lowest BCUT2D eigenvalue weighted by atomic mass is 9.87. The number of hydrogen-bond donors (Lipinski definition) is 2. The molecule has 0 saturated carbocycles. The second kappa shape index (κ2) is 5.39. The first-order valence-corrected chi connectivity index (χ1v) is 6.60. The minimum Gasteiger partial charge on any atom is -0.385 e. The largest absolute Gasteiger partial charge is 0.385 e. The van der Waals surface area contributed by atoms with Crippen LogP contribution in [-0.4, -0.2) is 30.9 Å². The first-order chi connectivity index (χ1) is 8.49. The van der Waals surface area contributed by atoms with Gasteiger partial charge in [-0.25, -0.2) is 0 Å². The highest BCUT2D eigenvalue weighted by molar-refractivity contribution is 5.33. The van der Waals surface area contributed by atoms with E-state index < -0.39 is 5.60 Å². The van der Waals surface area contributed by atoms with Crippen molar-refractivity contribution in [3.05, 3.63) is 34.9 Å². The van der Waals surface area contributed by atoms with E-state index in [-0.39, 0.29) is 6.04 Å². The molecule has 0 aliphatic carbocycles. The van der Waals surface area contributed by atoms with Gasteiger partial charge in [0.1, 0.15) is 0 Å². The monoisotopic (exact) mass is 249 g/mol. The fraction of sp³-hybridized carbons (Fsp3) is 0.600. The van der Waals surface area contributed by atoms with Crippen molar-refractivity contribution < 1.29 is 9.84 Å². The van der Waals surface area contributed by atoms with Crippen LogP contribution in [0.15, 0.2) is 18.2 Å². The van der Waals surface area contributed by atoms with Crippen molar-refractivity contribution in [3.63, 3.8) is 0 Å². The van der Waals surface area contributed by atoms with Crippen LogP contribution in [0.4, 0.5) is 0 Å². The summed E-state index contributed by atoms with van der Waals surface area (Å²) in [4.78, 5) is 0. The van der Waals surface area contributed by atoms with Crippen molar-refractivity contribution >= 4 is 0 Å². The summed E-state index contributed by atoms with van der Waals surface area (Å²) in [6.45, 7) is 8.37. The van der Waals surface area contributed by atoms with Crippen LogP contribution in [0.5, 0.6) is 0 Å². The average molecular weight is 249 g/mol. The molecule has 2 N–H and O–H groups in total. The van der Waals surface area contributed by atoms with E-state index in [0.717, 1.165) is 18.7 Å². The molecule has 100 valence electrons. The molecule has 1 aliphatic heterocycles. The van der Waals surface area contributed by atoms with Crippen LogP contribution in [-0.2, 0) is 10.3 Å². The number of hydrogen-bond acceptors (Lipinski definition) is 3. The number of ether oxygens (including phenoxy) is 1. The predicted octanol–water partition coefficient (Wildman–Crippen LogP) is 1.89. The number of morpholine rings is 1. The van der Waals surface area contributed by atoms with E-state index in [1.807, 2.05) is 13.0 Å². The Morgan fingerprint density at radius 1 is 1.39 bits per heavy atom. The van der Waals surface area contributed by atoms with E-state index in [2.05, 4.69) is 31.3 Å². The van der Waals surface area contributed by atoms with Crippen molar-refractivity contribution in [1.82, 2.24) is 5.32 Å².